The molecule has 0 fully saturated rings. The first-order valence-electron chi connectivity index (χ1n) is 9.67. The van der Waals surface area contributed by atoms with E-state index in [1.54, 1.807) is 25.1 Å². The second-order valence-corrected chi connectivity index (χ2v) is 7.69. The van der Waals surface area contributed by atoms with Crippen LogP contribution in [0.2, 0.25) is 10.0 Å². The molecule has 3 aromatic carbocycles. The maximum Gasteiger partial charge on any atom is 0.259 e. The Morgan fingerprint density at radius 3 is 2.38 bits per heavy atom. The molecule has 0 heterocycles. The van der Waals surface area contributed by atoms with Crippen molar-refractivity contribution in [2.24, 2.45) is 0 Å². The van der Waals surface area contributed by atoms with Gasteiger partial charge in [0, 0.05) is 17.6 Å². The summed E-state index contributed by atoms with van der Waals surface area (Å²) in [6.07, 6.45) is 0. The van der Waals surface area contributed by atoms with Gasteiger partial charge >= 0.3 is 0 Å². The minimum absolute atomic E-state index is 0.121. The molecule has 0 saturated carbocycles. The van der Waals surface area contributed by atoms with E-state index >= 15 is 0 Å². The standard InChI is InChI=1S/C25H21Cl2N3O2/c1-30(25(28)29-24(31)21-14-11-19(26)16-22(21)27)23(15-8-17-6-4-3-5-7-17)18-9-12-20(32-2)13-10-18/h3-7,9-14,16,23H,1-2H3,(H2,28,29,31). The van der Waals surface area contributed by atoms with Crippen LogP contribution in [0.1, 0.15) is 27.5 Å². The number of methoxy groups -OCH3 is 1. The molecule has 7 heteroatoms. The summed E-state index contributed by atoms with van der Waals surface area (Å²) in [5, 5.41) is 11.7. The van der Waals surface area contributed by atoms with Crippen LogP contribution < -0.4 is 10.1 Å². The molecule has 162 valence electrons. The molecule has 1 atom stereocenters. The molecule has 0 aliphatic carbocycles. The SMILES string of the molecule is COc1ccc(C(C#Cc2ccccc2)N(C)C(=N)NC(=O)c2ccc(Cl)cc2Cl)cc1. The van der Waals surface area contributed by atoms with E-state index in [9.17, 15) is 4.79 Å². The fourth-order valence-corrected chi connectivity index (χ4v) is 3.42. The molecule has 5 nitrogen and oxygen atoms in total. The third-order valence-corrected chi connectivity index (χ3v) is 5.25. The average molecular weight is 466 g/mol. The Balaban J connectivity index is 1.86. The first-order chi connectivity index (χ1) is 15.4. The Kier molecular flexibility index (Phi) is 7.77. The van der Waals surface area contributed by atoms with Crippen molar-refractivity contribution in [3.05, 3.63) is 99.5 Å². The molecule has 0 spiro atoms. The van der Waals surface area contributed by atoms with Gasteiger partial charge in [0.25, 0.3) is 5.91 Å². The van der Waals surface area contributed by atoms with Crippen molar-refractivity contribution in [1.82, 2.24) is 10.2 Å². The Morgan fingerprint density at radius 1 is 1.06 bits per heavy atom. The molecular formula is C25H21Cl2N3O2. The summed E-state index contributed by atoms with van der Waals surface area (Å²) in [4.78, 5) is 14.2. The number of halogens is 2. The van der Waals surface area contributed by atoms with Gasteiger partial charge in [0.1, 0.15) is 11.8 Å². The van der Waals surface area contributed by atoms with Crippen LogP contribution >= 0.6 is 23.2 Å². The summed E-state index contributed by atoms with van der Waals surface area (Å²) in [5.41, 5.74) is 1.92. The number of hydrogen-bond donors (Lipinski definition) is 2. The molecule has 0 bridgehead atoms. The lowest BCUT2D eigenvalue weighted by atomic mass is 10.1. The van der Waals surface area contributed by atoms with Crippen molar-refractivity contribution >= 4 is 35.1 Å². The number of carbonyl (C=O) groups excluding carboxylic acids is 1. The van der Waals surface area contributed by atoms with E-state index in [4.69, 9.17) is 33.3 Å². The number of nitrogens with zero attached hydrogens (tertiary/aromatic N) is 1. The number of benzene rings is 3. The molecule has 1 amide bonds. The Labute approximate surface area is 197 Å². The highest BCUT2D eigenvalue weighted by Gasteiger charge is 2.21. The van der Waals surface area contributed by atoms with Crippen LogP contribution in [0.3, 0.4) is 0 Å². The van der Waals surface area contributed by atoms with E-state index in [0.29, 0.717) is 10.8 Å². The summed E-state index contributed by atoms with van der Waals surface area (Å²) in [6.45, 7) is 0. The van der Waals surface area contributed by atoms with Gasteiger partial charge in [-0.15, -0.1) is 0 Å². The van der Waals surface area contributed by atoms with Crippen LogP contribution in [0, 0.1) is 17.3 Å². The van der Waals surface area contributed by atoms with Crippen molar-refractivity contribution < 1.29 is 9.53 Å². The highest BCUT2D eigenvalue weighted by atomic mass is 35.5. The second-order valence-electron chi connectivity index (χ2n) is 6.85. The maximum absolute atomic E-state index is 12.7. The predicted molar refractivity (Wildman–Crippen MR) is 128 cm³/mol. The summed E-state index contributed by atoms with van der Waals surface area (Å²) in [7, 11) is 3.29. The highest BCUT2D eigenvalue weighted by molar-refractivity contribution is 6.37. The van der Waals surface area contributed by atoms with Crippen LogP contribution in [-0.4, -0.2) is 30.9 Å². The smallest absolute Gasteiger partial charge is 0.259 e. The van der Waals surface area contributed by atoms with E-state index in [2.05, 4.69) is 17.2 Å². The number of nitrogens with one attached hydrogen (secondary N) is 2. The molecule has 0 aromatic heterocycles. The van der Waals surface area contributed by atoms with Crippen molar-refractivity contribution in [3.8, 4) is 17.6 Å². The van der Waals surface area contributed by atoms with Gasteiger partial charge in [-0.2, -0.15) is 0 Å². The van der Waals surface area contributed by atoms with Crippen molar-refractivity contribution in [2.75, 3.05) is 14.2 Å². The molecule has 32 heavy (non-hydrogen) atoms. The molecule has 0 aliphatic rings. The molecular weight excluding hydrogens is 445 g/mol. The minimum Gasteiger partial charge on any atom is -0.497 e. The Morgan fingerprint density at radius 2 is 1.75 bits per heavy atom. The van der Waals surface area contributed by atoms with E-state index < -0.39 is 11.9 Å². The third-order valence-electron chi connectivity index (χ3n) is 4.71. The van der Waals surface area contributed by atoms with Crippen LogP contribution in [-0.2, 0) is 0 Å². The number of hydrogen-bond acceptors (Lipinski definition) is 3. The first-order valence-corrected chi connectivity index (χ1v) is 10.4. The quantitative estimate of drug-likeness (QED) is 0.308. The zero-order valence-corrected chi connectivity index (χ0v) is 19.0. The topological polar surface area (TPSA) is 65.4 Å². The fraction of sp³-hybridized carbons (Fsp3) is 0.120. The van der Waals surface area contributed by atoms with Gasteiger partial charge in [0.05, 0.1) is 17.7 Å². The summed E-state index contributed by atoms with van der Waals surface area (Å²) >= 11 is 12.0. The molecule has 3 rings (SSSR count). The molecule has 3 aromatic rings. The maximum atomic E-state index is 12.7. The Hall–Kier alpha value is -3.46. The molecule has 1 unspecified atom stereocenters. The summed E-state index contributed by atoms with van der Waals surface area (Å²) in [6, 6.07) is 21.1. The largest absolute Gasteiger partial charge is 0.497 e. The van der Waals surface area contributed by atoms with Crippen molar-refractivity contribution in [2.45, 2.75) is 6.04 Å². The predicted octanol–water partition coefficient (Wildman–Crippen LogP) is 5.39. The molecule has 2 N–H and O–H groups in total. The zero-order chi connectivity index (χ0) is 23.1. The van der Waals surface area contributed by atoms with Crippen molar-refractivity contribution in [1.29, 1.82) is 5.41 Å². The van der Waals surface area contributed by atoms with Crippen LogP contribution in [0.5, 0.6) is 5.75 Å². The van der Waals surface area contributed by atoms with Gasteiger partial charge in [-0.25, -0.2) is 0 Å². The van der Waals surface area contributed by atoms with Gasteiger partial charge in [-0.05, 0) is 48.0 Å². The first kappa shape index (κ1) is 23.2. The lowest BCUT2D eigenvalue weighted by Crippen LogP contribution is -2.43. The molecule has 0 saturated heterocycles. The summed E-state index contributed by atoms with van der Waals surface area (Å²) < 4.78 is 5.24. The van der Waals surface area contributed by atoms with Gasteiger partial charge in [0.15, 0.2) is 5.96 Å². The third kappa shape index (κ3) is 5.82. The second kappa shape index (κ2) is 10.7. The Bertz CT molecular complexity index is 1170. The van der Waals surface area contributed by atoms with Gasteiger partial charge in [0.2, 0.25) is 0 Å². The zero-order valence-electron chi connectivity index (χ0n) is 17.5. The molecule has 0 radical (unpaired) electrons. The number of rotatable bonds is 4. The minimum atomic E-state index is -0.506. The fourth-order valence-electron chi connectivity index (χ4n) is 2.93. The number of carbonyl (C=O) groups is 1. The van der Waals surface area contributed by atoms with E-state index in [1.807, 2.05) is 54.6 Å². The van der Waals surface area contributed by atoms with Gasteiger partial charge in [-0.1, -0.05) is 65.4 Å². The van der Waals surface area contributed by atoms with Crippen LogP contribution in [0.4, 0.5) is 0 Å². The lowest BCUT2D eigenvalue weighted by Gasteiger charge is -2.27. The number of guanidine groups is 1. The molecule has 0 aliphatic heterocycles. The number of ether oxygens (including phenoxy) is 1. The lowest BCUT2D eigenvalue weighted by molar-refractivity contribution is 0.0972. The van der Waals surface area contributed by atoms with Gasteiger partial charge < -0.3 is 9.64 Å². The van der Waals surface area contributed by atoms with E-state index in [1.165, 1.54) is 12.1 Å². The van der Waals surface area contributed by atoms with E-state index in [0.717, 1.165) is 11.1 Å². The number of amides is 1. The average Bonchev–Trinajstić information content (AvgIpc) is 2.80. The van der Waals surface area contributed by atoms with Gasteiger partial charge in [-0.3, -0.25) is 15.5 Å². The normalized spacial score (nSPS) is 11.0. The van der Waals surface area contributed by atoms with Crippen molar-refractivity contribution in [3.63, 3.8) is 0 Å². The highest BCUT2D eigenvalue weighted by Crippen LogP contribution is 2.23. The summed E-state index contributed by atoms with van der Waals surface area (Å²) in [5.74, 6) is 6.43. The van der Waals surface area contributed by atoms with Crippen LogP contribution in [0.15, 0.2) is 72.8 Å². The van der Waals surface area contributed by atoms with Crippen LogP contribution in [0.25, 0.3) is 0 Å². The van der Waals surface area contributed by atoms with E-state index in [-0.39, 0.29) is 16.5 Å². The monoisotopic (exact) mass is 465 g/mol.